The molecule has 2 nitrogen and oxygen atoms in total. The summed E-state index contributed by atoms with van der Waals surface area (Å²) in [5.41, 5.74) is 1.14. The van der Waals surface area contributed by atoms with Gasteiger partial charge in [-0.1, -0.05) is 17.7 Å². The fraction of sp³-hybridized carbons (Fsp3) is 0.333. The van der Waals surface area contributed by atoms with E-state index in [1.165, 1.54) is 9.75 Å². The molecule has 0 saturated heterocycles. The highest BCUT2D eigenvalue weighted by molar-refractivity contribution is 7.11. The lowest BCUT2D eigenvalue weighted by Crippen LogP contribution is -2.20. The maximum Gasteiger partial charge on any atom is 0.137 e. The number of halogens is 1. The molecule has 0 radical (unpaired) electrons. The fourth-order valence-corrected chi connectivity index (χ4v) is 2.90. The van der Waals surface area contributed by atoms with Crippen molar-refractivity contribution in [3.63, 3.8) is 0 Å². The molecule has 0 spiro atoms. The van der Waals surface area contributed by atoms with Crippen LogP contribution in [0.25, 0.3) is 0 Å². The molecule has 0 aliphatic heterocycles. The Bertz CT molecular complexity index is 539. The summed E-state index contributed by atoms with van der Waals surface area (Å²) in [6.45, 7) is 6.45. The number of rotatable bonds is 6. The highest BCUT2D eigenvalue weighted by Crippen LogP contribution is 2.24. The highest BCUT2D eigenvalue weighted by Gasteiger charge is 2.01. The summed E-state index contributed by atoms with van der Waals surface area (Å²) in [7, 11) is 0. The number of benzene rings is 1. The summed E-state index contributed by atoms with van der Waals surface area (Å²) in [5.74, 6) is 0.751. The lowest BCUT2D eigenvalue weighted by Gasteiger charge is -2.09. The van der Waals surface area contributed by atoms with E-state index in [2.05, 4.69) is 24.4 Å². The smallest absolute Gasteiger partial charge is 0.137 e. The number of hydrogen-bond donors (Lipinski definition) is 1. The Balaban J connectivity index is 1.69. The molecule has 1 N–H and O–H groups in total. The first-order valence-electron chi connectivity index (χ1n) is 6.30. The Kier molecular flexibility index (Phi) is 5.25. The minimum atomic E-state index is 0.618. The second kappa shape index (κ2) is 6.94. The molecule has 1 aromatic heterocycles. The molecule has 0 aliphatic rings. The number of nitrogens with one attached hydrogen (secondary N) is 1. The highest BCUT2D eigenvalue weighted by atomic mass is 35.5. The first-order chi connectivity index (χ1) is 9.15. The predicted octanol–water partition coefficient (Wildman–Crippen LogP) is 4.19. The first kappa shape index (κ1) is 14.4. The van der Waals surface area contributed by atoms with Gasteiger partial charge in [0.05, 0.1) is 5.02 Å². The molecular weight excluding hydrogens is 278 g/mol. The van der Waals surface area contributed by atoms with Crippen molar-refractivity contribution in [3.8, 4) is 5.75 Å². The van der Waals surface area contributed by atoms with Crippen LogP contribution in [0.4, 0.5) is 0 Å². The lowest BCUT2D eigenvalue weighted by molar-refractivity contribution is 0.314. The van der Waals surface area contributed by atoms with Crippen molar-refractivity contribution < 1.29 is 4.74 Å². The molecule has 1 heterocycles. The van der Waals surface area contributed by atoms with Crippen molar-refractivity contribution in [1.29, 1.82) is 0 Å². The summed E-state index contributed by atoms with van der Waals surface area (Å²) in [6, 6.07) is 10.1. The summed E-state index contributed by atoms with van der Waals surface area (Å²) >= 11 is 7.92. The zero-order valence-corrected chi connectivity index (χ0v) is 12.8. The molecule has 4 heteroatoms. The van der Waals surface area contributed by atoms with E-state index >= 15 is 0 Å². The quantitative estimate of drug-likeness (QED) is 0.807. The van der Waals surface area contributed by atoms with Crippen LogP contribution in [0.3, 0.4) is 0 Å². The van der Waals surface area contributed by atoms with Gasteiger partial charge in [-0.2, -0.15) is 0 Å². The standard InChI is InChI=1S/C15H18ClNOS/c1-11-3-6-15(14(16)9-11)18-8-7-17-10-13-5-4-12(2)19-13/h3-6,9,17H,7-8,10H2,1-2H3. The van der Waals surface area contributed by atoms with Gasteiger partial charge in [0.25, 0.3) is 0 Å². The minimum Gasteiger partial charge on any atom is -0.491 e. The van der Waals surface area contributed by atoms with E-state index in [-0.39, 0.29) is 0 Å². The normalized spacial score (nSPS) is 10.7. The van der Waals surface area contributed by atoms with E-state index in [9.17, 15) is 0 Å². The van der Waals surface area contributed by atoms with Crippen LogP contribution in [0, 0.1) is 13.8 Å². The van der Waals surface area contributed by atoms with Gasteiger partial charge in [-0.15, -0.1) is 11.3 Å². The van der Waals surface area contributed by atoms with Gasteiger partial charge < -0.3 is 10.1 Å². The second-order valence-corrected chi connectivity index (χ2v) is 6.25. The Morgan fingerprint density at radius 2 is 2.05 bits per heavy atom. The molecule has 102 valence electrons. The molecule has 0 saturated carbocycles. The van der Waals surface area contributed by atoms with Crippen LogP contribution in [0.2, 0.25) is 5.02 Å². The van der Waals surface area contributed by atoms with E-state index in [0.717, 1.165) is 24.4 Å². The predicted molar refractivity (Wildman–Crippen MR) is 82.4 cm³/mol. The number of aryl methyl sites for hydroxylation is 2. The summed E-state index contributed by atoms with van der Waals surface area (Å²) in [4.78, 5) is 2.70. The number of ether oxygens (including phenoxy) is 1. The summed E-state index contributed by atoms with van der Waals surface area (Å²) in [6.07, 6.45) is 0. The molecule has 1 aromatic carbocycles. The molecule has 0 bridgehead atoms. The second-order valence-electron chi connectivity index (χ2n) is 4.47. The van der Waals surface area contributed by atoms with Crippen LogP contribution < -0.4 is 10.1 Å². The van der Waals surface area contributed by atoms with Crippen molar-refractivity contribution in [2.45, 2.75) is 20.4 Å². The maximum atomic E-state index is 6.10. The molecule has 0 unspecified atom stereocenters. The molecular formula is C15H18ClNOS. The van der Waals surface area contributed by atoms with E-state index in [1.54, 1.807) is 0 Å². The van der Waals surface area contributed by atoms with Crippen molar-refractivity contribution >= 4 is 22.9 Å². The van der Waals surface area contributed by atoms with Crippen molar-refractivity contribution in [1.82, 2.24) is 5.32 Å². The number of hydrogen-bond acceptors (Lipinski definition) is 3. The monoisotopic (exact) mass is 295 g/mol. The minimum absolute atomic E-state index is 0.618. The van der Waals surface area contributed by atoms with Crippen molar-refractivity contribution in [3.05, 3.63) is 50.7 Å². The maximum absolute atomic E-state index is 6.10. The third kappa shape index (κ3) is 4.53. The number of thiophene rings is 1. The Labute approximate surface area is 123 Å². The van der Waals surface area contributed by atoms with Crippen LogP contribution >= 0.6 is 22.9 Å². The van der Waals surface area contributed by atoms with Gasteiger partial charge in [0.2, 0.25) is 0 Å². The lowest BCUT2D eigenvalue weighted by atomic mass is 10.2. The van der Waals surface area contributed by atoms with Crippen molar-refractivity contribution in [2.24, 2.45) is 0 Å². The molecule has 19 heavy (non-hydrogen) atoms. The topological polar surface area (TPSA) is 21.3 Å². The van der Waals surface area contributed by atoms with Gasteiger partial charge in [0.1, 0.15) is 12.4 Å². The van der Waals surface area contributed by atoms with E-state index in [4.69, 9.17) is 16.3 Å². The van der Waals surface area contributed by atoms with Gasteiger partial charge in [0, 0.05) is 22.8 Å². The van der Waals surface area contributed by atoms with Gasteiger partial charge in [-0.3, -0.25) is 0 Å². The van der Waals surface area contributed by atoms with Gasteiger partial charge in [-0.05, 0) is 43.7 Å². The fourth-order valence-electron chi connectivity index (χ4n) is 1.75. The summed E-state index contributed by atoms with van der Waals surface area (Å²) < 4.78 is 5.64. The molecule has 0 aliphatic carbocycles. The Morgan fingerprint density at radius 3 is 2.74 bits per heavy atom. The largest absolute Gasteiger partial charge is 0.491 e. The van der Waals surface area contributed by atoms with Crippen LogP contribution in [0.15, 0.2) is 30.3 Å². The Hall–Kier alpha value is -1.03. The zero-order chi connectivity index (χ0) is 13.7. The molecule has 2 rings (SSSR count). The average molecular weight is 296 g/mol. The zero-order valence-electron chi connectivity index (χ0n) is 11.2. The molecule has 0 fully saturated rings. The Morgan fingerprint density at radius 1 is 1.21 bits per heavy atom. The third-order valence-corrected chi connectivity index (χ3v) is 4.02. The summed E-state index contributed by atoms with van der Waals surface area (Å²) in [5, 5.41) is 4.03. The van der Waals surface area contributed by atoms with E-state index in [0.29, 0.717) is 11.6 Å². The van der Waals surface area contributed by atoms with Crippen LogP contribution in [-0.4, -0.2) is 13.2 Å². The van der Waals surface area contributed by atoms with E-state index in [1.807, 2.05) is 36.5 Å². The van der Waals surface area contributed by atoms with Gasteiger partial charge in [0.15, 0.2) is 0 Å². The van der Waals surface area contributed by atoms with Gasteiger partial charge in [-0.25, -0.2) is 0 Å². The van der Waals surface area contributed by atoms with Crippen LogP contribution in [0.1, 0.15) is 15.3 Å². The first-order valence-corrected chi connectivity index (χ1v) is 7.49. The van der Waals surface area contributed by atoms with Gasteiger partial charge >= 0.3 is 0 Å². The van der Waals surface area contributed by atoms with Crippen LogP contribution in [-0.2, 0) is 6.54 Å². The molecule has 0 atom stereocenters. The molecule has 2 aromatic rings. The SMILES string of the molecule is Cc1ccc(OCCNCc2ccc(C)s2)c(Cl)c1. The molecule has 0 amide bonds. The van der Waals surface area contributed by atoms with Crippen molar-refractivity contribution in [2.75, 3.05) is 13.2 Å². The van der Waals surface area contributed by atoms with Crippen LogP contribution in [0.5, 0.6) is 5.75 Å². The average Bonchev–Trinajstić information content (AvgIpc) is 2.77. The van der Waals surface area contributed by atoms with E-state index < -0.39 is 0 Å². The third-order valence-electron chi connectivity index (χ3n) is 2.72.